The maximum atomic E-state index is 11.0. The lowest BCUT2D eigenvalue weighted by Gasteiger charge is -2.35. The molecule has 2 heterocycles. The van der Waals surface area contributed by atoms with Gasteiger partial charge in [-0.1, -0.05) is 6.07 Å². The Labute approximate surface area is 201 Å². The predicted molar refractivity (Wildman–Crippen MR) is 134 cm³/mol. The van der Waals surface area contributed by atoms with E-state index >= 15 is 0 Å². The van der Waals surface area contributed by atoms with Gasteiger partial charge in [-0.15, -0.1) is 0 Å². The average Bonchev–Trinajstić information content (AvgIpc) is 2.88. The fourth-order valence-corrected chi connectivity index (χ4v) is 4.65. The number of benzene rings is 2. The third-order valence-electron chi connectivity index (χ3n) is 6.63. The lowest BCUT2D eigenvalue weighted by atomic mass is 10.0. The fourth-order valence-electron chi connectivity index (χ4n) is 4.65. The summed E-state index contributed by atoms with van der Waals surface area (Å²) in [6.45, 7) is 5.64. The first-order valence-corrected chi connectivity index (χ1v) is 11.9. The van der Waals surface area contributed by atoms with Gasteiger partial charge in [0.15, 0.2) is 11.5 Å². The standard InChI is InChI=1S/C27H35N3O4/c1-32-21-7-8-24-23(18-21)22(10-11-28-24)25(31)19-30-15-13-29(14-16-30)12-4-5-20-6-9-26(33-2)27(17-20)34-3/h6-11,17-18,25,31H,4-5,12-16,19H2,1-3H3. The van der Waals surface area contributed by atoms with Gasteiger partial charge in [0.05, 0.1) is 33.0 Å². The SMILES string of the molecule is COc1ccc2nccc(C(O)CN3CCN(CCCc4ccc(OC)c(OC)c4)CC3)c2c1. The monoisotopic (exact) mass is 465 g/mol. The van der Waals surface area contributed by atoms with Crippen molar-refractivity contribution >= 4 is 10.9 Å². The lowest BCUT2D eigenvalue weighted by molar-refractivity contribution is 0.0728. The highest BCUT2D eigenvalue weighted by Crippen LogP contribution is 2.29. The molecule has 1 fully saturated rings. The van der Waals surface area contributed by atoms with Crippen LogP contribution in [-0.4, -0.2) is 80.5 Å². The van der Waals surface area contributed by atoms with Crippen LogP contribution >= 0.6 is 0 Å². The largest absolute Gasteiger partial charge is 0.497 e. The third kappa shape index (κ3) is 5.78. The van der Waals surface area contributed by atoms with Gasteiger partial charge in [0.2, 0.25) is 0 Å². The van der Waals surface area contributed by atoms with E-state index in [0.29, 0.717) is 6.54 Å². The Morgan fingerprint density at radius 1 is 0.882 bits per heavy atom. The fraction of sp³-hybridized carbons (Fsp3) is 0.444. The van der Waals surface area contributed by atoms with Crippen molar-refractivity contribution in [3.05, 3.63) is 59.8 Å². The van der Waals surface area contributed by atoms with E-state index in [1.165, 1.54) is 5.56 Å². The summed E-state index contributed by atoms with van der Waals surface area (Å²) in [5.74, 6) is 2.33. The van der Waals surface area contributed by atoms with Crippen molar-refractivity contribution in [3.63, 3.8) is 0 Å². The minimum Gasteiger partial charge on any atom is -0.497 e. The van der Waals surface area contributed by atoms with Crippen LogP contribution in [0.5, 0.6) is 17.2 Å². The van der Waals surface area contributed by atoms with E-state index in [-0.39, 0.29) is 0 Å². The number of aliphatic hydroxyl groups excluding tert-OH is 1. The molecule has 0 aliphatic carbocycles. The summed E-state index contributed by atoms with van der Waals surface area (Å²) >= 11 is 0. The van der Waals surface area contributed by atoms with Crippen molar-refractivity contribution in [1.82, 2.24) is 14.8 Å². The number of fused-ring (bicyclic) bond motifs is 1. The highest BCUT2D eigenvalue weighted by atomic mass is 16.5. The van der Waals surface area contributed by atoms with Crippen molar-refractivity contribution in [2.75, 3.05) is 60.6 Å². The summed E-state index contributed by atoms with van der Waals surface area (Å²) in [4.78, 5) is 9.28. The summed E-state index contributed by atoms with van der Waals surface area (Å²) in [6, 6.07) is 13.9. The molecule has 1 atom stereocenters. The van der Waals surface area contributed by atoms with Gasteiger partial charge < -0.3 is 24.2 Å². The van der Waals surface area contributed by atoms with Crippen molar-refractivity contribution in [1.29, 1.82) is 0 Å². The summed E-state index contributed by atoms with van der Waals surface area (Å²) in [5, 5.41) is 12.0. The first-order valence-electron chi connectivity index (χ1n) is 11.9. The lowest BCUT2D eigenvalue weighted by Crippen LogP contribution is -2.47. The van der Waals surface area contributed by atoms with Crippen LogP contribution in [-0.2, 0) is 6.42 Å². The number of hydrogen-bond acceptors (Lipinski definition) is 7. The second-order valence-electron chi connectivity index (χ2n) is 8.73. The number of piperazine rings is 1. The van der Waals surface area contributed by atoms with Gasteiger partial charge in [0.25, 0.3) is 0 Å². The smallest absolute Gasteiger partial charge is 0.160 e. The number of rotatable bonds is 10. The molecule has 1 saturated heterocycles. The number of pyridine rings is 1. The van der Waals surface area contributed by atoms with E-state index in [9.17, 15) is 5.11 Å². The van der Waals surface area contributed by atoms with E-state index in [1.54, 1.807) is 27.5 Å². The molecule has 1 unspecified atom stereocenters. The number of aliphatic hydroxyl groups is 1. The molecule has 0 saturated carbocycles. The molecule has 182 valence electrons. The van der Waals surface area contributed by atoms with Crippen LogP contribution in [0.15, 0.2) is 48.7 Å². The highest BCUT2D eigenvalue weighted by Gasteiger charge is 2.21. The molecule has 4 rings (SSSR count). The van der Waals surface area contributed by atoms with Gasteiger partial charge in [0, 0.05) is 44.3 Å². The Bertz CT molecular complexity index is 1080. The highest BCUT2D eigenvalue weighted by molar-refractivity contribution is 5.83. The summed E-state index contributed by atoms with van der Waals surface area (Å²) in [7, 11) is 4.99. The van der Waals surface area contributed by atoms with Crippen LogP contribution in [0, 0.1) is 0 Å². The van der Waals surface area contributed by atoms with Crippen LogP contribution in [0.3, 0.4) is 0 Å². The van der Waals surface area contributed by atoms with Crippen molar-refractivity contribution in [3.8, 4) is 17.2 Å². The molecule has 1 aliphatic rings. The maximum absolute atomic E-state index is 11.0. The van der Waals surface area contributed by atoms with Crippen molar-refractivity contribution in [2.24, 2.45) is 0 Å². The van der Waals surface area contributed by atoms with Gasteiger partial charge >= 0.3 is 0 Å². The number of aryl methyl sites for hydroxylation is 1. The van der Waals surface area contributed by atoms with Crippen LogP contribution in [0.1, 0.15) is 23.7 Å². The molecule has 3 aromatic rings. The van der Waals surface area contributed by atoms with Gasteiger partial charge in [-0.2, -0.15) is 0 Å². The summed E-state index contributed by atoms with van der Waals surface area (Å²) < 4.78 is 16.1. The predicted octanol–water partition coefficient (Wildman–Crippen LogP) is 3.54. The number of nitrogens with zero attached hydrogens (tertiary/aromatic N) is 3. The maximum Gasteiger partial charge on any atom is 0.160 e. The zero-order chi connectivity index (χ0) is 23.9. The normalized spacial score (nSPS) is 15.9. The van der Waals surface area contributed by atoms with Crippen LogP contribution < -0.4 is 14.2 Å². The second-order valence-corrected chi connectivity index (χ2v) is 8.73. The molecule has 0 bridgehead atoms. The average molecular weight is 466 g/mol. The Morgan fingerprint density at radius 3 is 2.38 bits per heavy atom. The Kier molecular flexibility index (Phi) is 8.21. The molecule has 7 nitrogen and oxygen atoms in total. The first-order chi connectivity index (χ1) is 16.6. The van der Waals surface area contributed by atoms with Gasteiger partial charge in [-0.3, -0.25) is 9.88 Å². The molecular weight excluding hydrogens is 430 g/mol. The molecule has 0 spiro atoms. The molecular formula is C27H35N3O4. The minimum absolute atomic E-state index is 0.561. The molecule has 1 aliphatic heterocycles. The van der Waals surface area contributed by atoms with E-state index in [0.717, 1.165) is 79.3 Å². The molecule has 2 aromatic carbocycles. The van der Waals surface area contributed by atoms with Gasteiger partial charge in [-0.25, -0.2) is 0 Å². The Balaban J connectivity index is 1.26. The third-order valence-corrected chi connectivity index (χ3v) is 6.63. The Morgan fingerprint density at radius 2 is 1.65 bits per heavy atom. The van der Waals surface area contributed by atoms with Gasteiger partial charge in [-0.05, 0) is 66.9 Å². The topological polar surface area (TPSA) is 67.3 Å². The number of aromatic nitrogens is 1. The van der Waals surface area contributed by atoms with E-state index in [1.807, 2.05) is 30.3 Å². The van der Waals surface area contributed by atoms with Crippen LogP contribution in [0.4, 0.5) is 0 Å². The molecule has 0 radical (unpaired) electrons. The zero-order valence-corrected chi connectivity index (χ0v) is 20.4. The number of hydrogen-bond donors (Lipinski definition) is 1. The van der Waals surface area contributed by atoms with E-state index < -0.39 is 6.10 Å². The zero-order valence-electron chi connectivity index (χ0n) is 20.4. The molecule has 0 amide bonds. The quantitative estimate of drug-likeness (QED) is 0.491. The van der Waals surface area contributed by atoms with Crippen LogP contribution in [0.25, 0.3) is 10.9 Å². The van der Waals surface area contributed by atoms with E-state index in [2.05, 4.69) is 26.9 Å². The first kappa shape index (κ1) is 24.3. The number of ether oxygens (including phenoxy) is 3. The number of methoxy groups -OCH3 is 3. The molecule has 1 N–H and O–H groups in total. The molecule has 34 heavy (non-hydrogen) atoms. The van der Waals surface area contributed by atoms with Crippen molar-refractivity contribution in [2.45, 2.75) is 18.9 Å². The molecule has 1 aromatic heterocycles. The molecule has 7 heteroatoms. The number of β-amino-alcohol motifs (C(OH)–C–C–N with tert-alkyl or cyclic N) is 1. The van der Waals surface area contributed by atoms with Crippen molar-refractivity contribution < 1.29 is 19.3 Å². The summed E-state index contributed by atoms with van der Waals surface area (Å²) in [5.41, 5.74) is 3.04. The second kappa shape index (κ2) is 11.5. The minimum atomic E-state index is -0.561. The van der Waals surface area contributed by atoms with Crippen LogP contribution in [0.2, 0.25) is 0 Å². The van der Waals surface area contributed by atoms with E-state index in [4.69, 9.17) is 14.2 Å². The Hall–Kier alpha value is -2.87. The van der Waals surface area contributed by atoms with Gasteiger partial charge in [0.1, 0.15) is 5.75 Å². The summed E-state index contributed by atoms with van der Waals surface area (Å²) in [6.07, 6.45) is 3.32.